The van der Waals surface area contributed by atoms with E-state index in [0.29, 0.717) is 10.7 Å². The lowest BCUT2D eigenvalue weighted by Gasteiger charge is -2.19. The summed E-state index contributed by atoms with van der Waals surface area (Å²) in [5.74, 6) is -1.84. The molecule has 1 heterocycles. The predicted molar refractivity (Wildman–Crippen MR) is 100 cm³/mol. The van der Waals surface area contributed by atoms with Crippen molar-refractivity contribution in [2.75, 3.05) is 18.5 Å². The molecule has 148 valence electrons. The Morgan fingerprint density at radius 2 is 1.82 bits per heavy atom. The first kappa shape index (κ1) is 18.9. The number of hydrogen-bond donors (Lipinski definition) is 1. The molecule has 3 fully saturated rings. The maximum absolute atomic E-state index is 12.6. The number of likely N-dealkylation sites (tertiary alicyclic amines) is 1. The summed E-state index contributed by atoms with van der Waals surface area (Å²) < 4.78 is 4.97. The van der Waals surface area contributed by atoms with Crippen LogP contribution in [-0.4, -0.2) is 41.7 Å². The number of ether oxygens (including phenoxy) is 1. The fourth-order valence-corrected chi connectivity index (χ4v) is 5.03. The van der Waals surface area contributed by atoms with E-state index in [4.69, 9.17) is 16.3 Å². The number of hydrogen-bond acceptors (Lipinski definition) is 5. The molecular formula is C20H21ClN2O5. The van der Waals surface area contributed by atoms with Gasteiger partial charge in [-0.1, -0.05) is 17.7 Å². The summed E-state index contributed by atoms with van der Waals surface area (Å²) in [4.78, 5) is 50.3. The Bertz CT molecular complexity index is 842. The van der Waals surface area contributed by atoms with E-state index < -0.39 is 25.0 Å². The van der Waals surface area contributed by atoms with E-state index in [2.05, 4.69) is 5.32 Å². The number of esters is 1. The highest BCUT2D eigenvalue weighted by Gasteiger charge is 2.61. The lowest BCUT2D eigenvalue weighted by molar-refractivity contribution is -0.154. The topological polar surface area (TPSA) is 92.8 Å². The predicted octanol–water partition coefficient (Wildman–Crippen LogP) is 2.16. The number of nitrogens with one attached hydrogen (secondary N) is 1. The highest BCUT2D eigenvalue weighted by molar-refractivity contribution is 6.31. The zero-order valence-electron chi connectivity index (χ0n) is 15.4. The third kappa shape index (κ3) is 3.28. The second kappa shape index (κ2) is 7.20. The normalized spacial score (nSPS) is 27.9. The standard InChI is InChI=1S/C20H21ClN2O5/c1-10-2-5-13(21)7-14(10)22-15(24)9-28-16(25)8-23-19(26)17-11-3-4-12(6-11)18(17)20(23)27/h2,5,7,11-12,17-18H,3-4,6,8-9H2,1H3,(H,22,24)/t11-,12-,17+,18+/m1/s1. The molecule has 0 radical (unpaired) electrons. The van der Waals surface area contributed by atoms with Gasteiger partial charge in [0, 0.05) is 10.7 Å². The molecule has 4 rings (SSSR count). The Morgan fingerprint density at radius 3 is 2.46 bits per heavy atom. The molecule has 1 aromatic carbocycles. The summed E-state index contributed by atoms with van der Waals surface area (Å²) in [5, 5.41) is 3.10. The Balaban J connectivity index is 1.30. The molecule has 1 aromatic rings. The molecule has 3 amide bonds. The Morgan fingerprint density at radius 1 is 1.18 bits per heavy atom. The first-order chi connectivity index (χ1) is 13.3. The molecule has 0 spiro atoms. The SMILES string of the molecule is Cc1ccc(Cl)cc1NC(=O)COC(=O)CN1C(=O)[C@H]2[C@@H]3CC[C@H](C3)[C@@H]2C1=O. The number of fused-ring (bicyclic) bond motifs is 5. The van der Waals surface area contributed by atoms with Crippen LogP contribution in [0.3, 0.4) is 0 Å². The number of imide groups is 1. The summed E-state index contributed by atoms with van der Waals surface area (Å²) in [6.45, 7) is 0.874. The van der Waals surface area contributed by atoms with Crippen molar-refractivity contribution >= 4 is 41.0 Å². The van der Waals surface area contributed by atoms with Crippen LogP contribution in [0.15, 0.2) is 18.2 Å². The van der Waals surface area contributed by atoms with Crippen LogP contribution in [0.5, 0.6) is 0 Å². The number of anilines is 1. The fraction of sp³-hybridized carbons (Fsp3) is 0.500. The molecular weight excluding hydrogens is 384 g/mol. The minimum Gasteiger partial charge on any atom is -0.454 e. The fourth-order valence-electron chi connectivity index (χ4n) is 4.86. The molecule has 1 saturated heterocycles. The van der Waals surface area contributed by atoms with E-state index in [9.17, 15) is 19.2 Å². The molecule has 2 bridgehead atoms. The quantitative estimate of drug-likeness (QED) is 0.599. The first-order valence-electron chi connectivity index (χ1n) is 9.42. The summed E-state index contributed by atoms with van der Waals surface area (Å²) >= 11 is 5.91. The van der Waals surface area contributed by atoms with Crippen molar-refractivity contribution in [2.45, 2.75) is 26.2 Å². The van der Waals surface area contributed by atoms with Crippen LogP contribution in [0.25, 0.3) is 0 Å². The molecule has 0 unspecified atom stereocenters. The number of amides is 3. The van der Waals surface area contributed by atoms with Crippen LogP contribution >= 0.6 is 11.6 Å². The van der Waals surface area contributed by atoms with Gasteiger partial charge in [0.05, 0.1) is 11.8 Å². The van der Waals surface area contributed by atoms with Crippen LogP contribution < -0.4 is 5.32 Å². The van der Waals surface area contributed by atoms with Gasteiger partial charge in [0.15, 0.2) is 6.61 Å². The van der Waals surface area contributed by atoms with Gasteiger partial charge in [0.2, 0.25) is 11.8 Å². The minimum absolute atomic E-state index is 0.263. The first-order valence-corrected chi connectivity index (χ1v) is 9.80. The van der Waals surface area contributed by atoms with Gasteiger partial charge in [-0.3, -0.25) is 24.1 Å². The number of aryl methyl sites for hydroxylation is 1. The third-order valence-electron chi connectivity index (χ3n) is 6.14. The zero-order chi connectivity index (χ0) is 20.0. The van der Waals surface area contributed by atoms with E-state index in [1.54, 1.807) is 18.2 Å². The monoisotopic (exact) mass is 404 g/mol. The molecule has 2 saturated carbocycles. The van der Waals surface area contributed by atoms with Gasteiger partial charge in [-0.25, -0.2) is 0 Å². The smallest absolute Gasteiger partial charge is 0.326 e. The van der Waals surface area contributed by atoms with Crippen LogP contribution in [0.4, 0.5) is 5.69 Å². The summed E-state index contributed by atoms with van der Waals surface area (Å²) in [5.41, 5.74) is 1.35. The number of nitrogens with zero attached hydrogens (tertiary/aromatic N) is 1. The summed E-state index contributed by atoms with van der Waals surface area (Å²) in [7, 11) is 0. The van der Waals surface area contributed by atoms with Crippen molar-refractivity contribution in [3.05, 3.63) is 28.8 Å². The summed E-state index contributed by atoms with van der Waals surface area (Å²) in [6.07, 6.45) is 2.90. The van der Waals surface area contributed by atoms with Crippen LogP contribution in [-0.2, 0) is 23.9 Å². The maximum Gasteiger partial charge on any atom is 0.326 e. The Hall–Kier alpha value is -2.41. The molecule has 7 nitrogen and oxygen atoms in total. The van der Waals surface area contributed by atoms with E-state index >= 15 is 0 Å². The molecule has 3 aliphatic rings. The molecule has 0 aromatic heterocycles. The van der Waals surface area contributed by atoms with Crippen molar-refractivity contribution in [2.24, 2.45) is 23.7 Å². The molecule has 1 aliphatic heterocycles. The second-order valence-corrected chi connectivity index (χ2v) is 8.25. The van der Waals surface area contributed by atoms with Gasteiger partial charge < -0.3 is 10.1 Å². The molecule has 8 heteroatoms. The van der Waals surface area contributed by atoms with Crippen molar-refractivity contribution in [1.29, 1.82) is 0 Å². The third-order valence-corrected chi connectivity index (χ3v) is 6.38. The number of halogens is 1. The van der Waals surface area contributed by atoms with Gasteiger partial charge in [0.25, 0.3) is 5.91 Å². The van der Waals surface area contributed by atoms with E-state index in [1.165, 1.54) is 0 Å². The largest absolute Gasteiger partial charge is 0.454 e. The Labute approximate surface area is 167 Å². The van der Waals surface area contributed by atoms with Gasteiger partial charge in [-0.2, -0.15) is 0 Å². The average molecular weight is 405 g/mol. The number of rotatable bonds is 5. The van der Waals surface area contributed by atoms with Crippen molar-refractivity contribution in [1.82, 2.24) is 4.90 Å². The lowest BCUT2D eigenvalue weighted by atomic mass is 9.81. The minimum atomic E-state index is -0.771. The van der Waals surface area contributed by atoms with Gasteiger partial charge in [-0.05, 0) is 55.7 Å². The lowest BCUT2D eigenvalue weighted by Crippen LogP contribution is -2.38. The molecule has 4 atom stereocenters. The number of carbonyl (C=O) groups excluding carboxylic acids is 4. The van der Waals surface area contributed by atoms with E-state index in [1.807, 2.05) is 6.92 Å². The van der Waals surface area contributed by atoms with Gasteiger partial charge >= 0.3 is 5.97 Å². The van der Waals surface area contributed by atoms with E-state index in [0.717, 1.165) is 29.7 Å². The molecule has 1 N–H and O–H groups in total. The van der Waals surface area contributed by atoms with Gasteiger partial charge in [0.1, 0.15) is 6.54 Å². The highest BCUT2D eigenvalue weighted by atomic mass is 35.5. The Kier molecular flexibility index (Phi) is 4.87. The van der Waals surface area contributed by atoms with Crippen molar-refractivity contribution in [3.63, 3.8) is 0 Å². The van der Waals surface area contributed by atoms with Gasteiger partial charge in [-0.15, -0.1) is 0 Å². The summed E-state index contributed by atoms with van der Waals surface area (Å²) in [6, 6.07) is 5.07. The molecule has 28 heavy (non-hydrogen) atoms. The van der Waals surface area contributed by atoms with Crippen LogP contribution in [0.2, 0.25) is 5.02 Å². The van der Waals surface area contributed by atoms with Crippen molar-refractivity contribution in [3.8, 4) is 0 Å². The van der Waals surface area contributed by atoms with Crippen LogP contribution in [0, 0.1) is 30.6 Å². The van der Waals surface area contributed by atoms with Crippen LogP contribution in [0.1, 0.15) is 24.8 Å². The van der Waals surface area contributed by atoms with Crippen molar-refractivity contribution < 1.29 is 23.9 Å². The highest BCUT2D eigenvalue weighted by Crippen LogP contribution is 2.56. The average Bonchev–Trinajstić information content (AvgIpc) is 3.33. The zero-order valence-corrected chi connectivity index (χ0v) is 16.2. The second-order valence-electron chi connectivity index (χ2n) is 7.82. The molecule has 2 aliphatic carbocycles. The number of carbonyl (C=O) groups is 4. The number of benzene rings is 1. The maximum atomic E-state index is 12.6. The van der Waals surface area contributed by atoms with E-state index in [-0.39, 0.29) is 35.5 Å².